The molecule has 65 heavy (non-hydrogen) atoms. The molecule has 9 rings (SSSR count). The van der Waals surface area contributed by atoms with E-state index in [0.29, 0.717) is 89.4 Å². The van der Waals surface area contributed by atoms with Crippen molar-refractivity contribution in [3.05, 3.63) is 144 Å². The zero-order valence-electron chi connectivity index (χ0n) is 32.7. The van der Waals surface area contributed by atoms with Gasteiger partial charge in [-0.3, -0.25) is 18.2 Å². The molecule has 4 N–H and O–H groups in total. The summed E-state index contributed by atoms with van der Waals surface area (Å²) in [5.74, 6) is 0. The van der Waals surface area contributed by atoms with E-state index >= 15 is 0 Å². The first-order valence-electron chi connectivity index (χ1n) is 18.6. The van der Waals surface area contributed by atoms with Crippen LogP contribution in [0, 0.1) is 0 Å². The summed E-state index contributed by atoms with van der Waals surface area (Å²) in [5.41, 5.74) is 6.28. The first-order chi connectivity index (χ1) is 30.2. The second-order valence-electron chi connectivity index (χ2n) is 14.4. The van der Waals surface area contributed by atoms with Crippen LogP contribution in [0.2, 0.25) is 0 Å². The van der Waals surface area contributed by atoms with Gasteiger partial charge in [0.25, 0.3) is 40.5 Å². The number of hydrogen-bond acceptors (Lipinski definition) is 10. The first kappa shape index (κ1) is 45.2. The Morgan fingerprint density at radius 3 is 0.662 bits per heavy atom. The standard InChI is InChI=1S/C44H28N4O12S4.Fe/c49-61(50,51)29-9-1-25(2-10-29)41-33-17-19-35(45-33)42(26-3-11-30(12-4-26)62(52,53)54)37-21-23-39(47-37)44(28-7-15-32(16-8-28)64(58,59)60)40-24-22-38(48-40)43(36-20-18-34(41)46-36)27-5-13-31(14-6-27)63(55,56)57;/h1-24H,(H,49,50,51)(H,52,53,54)(H,55,56,57)(H,58,59,60);/q-2;+2. The molecule has 8 bridgehead atoms. The fraction of sp³-hybridized carbons (Fsp3) is 0. The van der Waals surface area contributed by atoms with Gasteiger partial charge in [0, 0.05) is 0 Å². The molecule has 2 aliphatic heterocycles. The maximum absolute atomic E-state index is 12.0. The van der Waals surface area contributed by atoms with Crippen LogP contribution in [0.15, 0.2) is 141 Å². The van der Waals surface area contributed by atoms with E-state index in [4.69, 9.17) is 19.9 Å². The van der Waals surface area contributed by atoms with Gasteiger partial charge in [0.05, 0.1) is 42.4 Å². The van der Waals surface area contributed by atoms with Crippen molar-refractivity contribution in [3.8, 4) is 44.5 Å². The van der Waals surface area contributed by atoms with Gasteiger partial charge in [-0.25, -0.2) is 9.97 Å². The van der Waals surface area contributed by atoms with Gasteiger partial charge in [0.15, 0.2) is 0 Å². The molecule has 16 nitrogen and oxygen atoms in total. The van der Waals surface area contributed by atoms with Crippen LogP contribution >= 0.6 is 0 Å². The molecule has 7 aromatic rings. The van der Waals surface area contributed by atoms with E-state index in [1.54, 1.807) is 48.6 Å². The summed E-state index contributed by atoms with van der Waals surface area (Å²) >= 11 is 0. The molecule has 0 saturated carbocycles. The molecule has 0 spiro atoms. The maximum atomic E-state index is 12.0. The van der Waals surface area contributed by atoms with Gasteiger partial charge in [-0.1, -0.05) is 72.8 Å². The van der Waals surface area contributed by atoms with Gasteiger partial charge >= 0.3 is 17.1 Å². The zero-order chi connectivity index (χ0) is 45.3. The molecule has 0 unspecified atom stereocenters. The van der Waals surface area contributed by atoms with Crippen molar-refractivity contribution >= 4 is 86.8 Å². The average Bonchev–Trinajstić information content (AvgIpc) is 4.08. The molecular formula is C44H28FeN4O12S4. The topological polar surface area (TPSA) is 271 Å². The van der Waals surface area contributed by atoms with Crippen LogP contribution in [0.1, 0.15) is 22.8 Å². The fourth-order valence-corrected chi connectivity index (χ4v) is 9.36. The summed E-state index contributed by atoms with van der Waals surface area (Å²) in [6.07, 6.45) is 6.79. The molecule has 21 heteroatoms. The second kappa shape index (κ2) is 16.6. The Morgan fingerprint density at radius 2 is 0.492 bits per heavy atom. The Morgan fingerprint density at radius 1 is 0.308 bits per heavy atom. The van der Waals surface area contributed by atoms with Crippen LogP contribution in [-0.2, 0) is 57.5 Å². The summed E-state index contributed by atoms with van der Waals surface area (Å²) in [6.45, 7) is 0. The van der Waals surface area contributed by atoms with Crippen molar-refractivity contribution in [1.82, 2.24) is 19.9 Å². The summed E-state index contributed by atoms with van der Waals surface area (Å²) in [5, 5.41) is 0. The summed E-state index contributed by atoms with van der Waals surface area (Å²) in [7, 11) is -18.2. The molecule has 4 aromatic carbocycles. The molecule has 328 valence electrons. The monoisotopic (exact) mass is 988 g/mol. The van der Waals surface area contributed by atoms with E-state index in [9.17, 15) is 51.9 Å². The van der Waals surface area contributed by atoms with Gasteiger partial charge < -0.3 is 9.97 Å². The number of rotatable bonds is 8. The molecule has 0 saturated heterocycles. The smallest absolute Gasteiger partial charge is 0.657 e. The SMILES string of the molecule is O=S(=O)(O)c1ccc(-c2c3nc(c(-c4ccc(S(=O)(=O)O)cc4)c4ccc([n-]4)c(-c4ccc(S(=O)(=O)O)cc4)c4nc(c(-c5ccc(S(=O)(=O)O)cc5)c5ccc2[n-]5)C=C4)C=C3)cc1.[Fe+2]. The number of nitrogens with zero attached hydrogens (tertiary/aromatic N) is 4. The molecular weight excluding hydrogens is 961 g/mol. The Bertz CT molecular complexity index is 3300. The number of aromatic nitrogens is 4. The number of hydrogen-bond donors (Lipinski definition) is 4. The van der Waals surface area contributed by atoms with E-state index < -0.39 is 40.5 Å². The predicted molar refractivity (Wildman–Crippen MR) is 238 cm³/mol. The van der Waals surface area contributed by atoms with Crippen LogP contribution in [0.5, 0.6) is 0 Å². The normalized spacial score (nSPS) is 12.9. The third kappa shape index (κ3) is 8.89. The fourth-order valence-electron chi connectivity index (χ4n) is 7.44. The van der Waals surface area contributed by atoms with Crippen molar-refractivity contribution in [2.45, 2.75) is 19.6 Å². The zero-order valence-corrected chi connectivity index (χ0v) is 37.1. The van der Waals surface area contributed by atoms with Crippen molar-refractivity contribution < 1.29 is 69.0 Å². The minimum Gasteiger partial charge on any atom is -0.657 e. The quantitative estimate of drug-likeness (QED) is 0.0844. The average molecular weight is 989 g/mol. The van der Waals surface area contributed by atoms with Crippen LogP contribution in [-0.4, -0.2) is 61.9 Å². The number of benzene rings is 4. The van der Waals surface area contributed by atoms with E-state index in [0.717, 1.165) is 0 Å². The molecule has 2 aliphatic rings. The predicted octanol–water partition coefficient (Wildman–Crippen LogP) is 7.57. The molecule has 0 amide bonds. The van der Waals surface area contributed by atoms with E-state index in [2.05, 4.69) is 0 Å². The molecule has 0 fully saturated rings. The van der Waals surface area contributed by atoms with Gasteiger partial charge in [0.1, 0.15) is 0 Å². The van der Waals surface area contributed by atoms with Crippen molar-refractivity contribution in [1.29, 1.82) is 0 Å². The molecule has 0 radical (unpaired) electrons. The van der Waals surface area contributed by atoms with Crippen molar-refractivity contribution in [3.63, 3.8) is 0 Å². The third-order valence-corrected chi connectivity index (χ3v) is 13.8. The van der Waals surface area contributed by atoms with E-state index in [-0.39, 0.29) is 36.7 Å². The molecule has 5 heterocycles. The van der Waals surface area contributed by atoms with Gasteiger partial charge in [-0.15, -0.1) is 22.1 Å². The summed E-state index contributed by atoms with van der Waals surface area (Å²) < 4.78 is 135. The van der Waals surface area contributed by atoms with E-state index in [1.807, 2.05) is 0 Å². The second-order valence-corrected chi connectivity index (χ2v) is 20.0. The number of fused-ring (bicyclic) bond motifs is 8. The summed E-state index contributed by atoms with van der Waals surface area (Å²) in [4.78, 5) is 18.7. The van der Waals surface area contributed by atoms with Crippen LogP contribution in [0.3, 0.4) is 0 Å². The van der Waals surface area contributed by atoms with Gasteiger partial charge in [0.2, 0.25) is 0 Å². The molecule has 3 aromatic heterocycles. The van der Waals surface area contributed by atoms with Gasteiger partial charge in [-0.2, -0.15) is 33.7 Å². The molecule has 0 aliphatic carbocycles. The van der Waals surface area contributed by atoms with Crippen LogP contribution in [0.25, 0.3) is 90.9 Å². The first-order valence-corrected chi connectivity index (χ1v) is 24.4. The van der Waals surface area contributed by atoms with Gasteiger partial charge in [-0.05, 0) is 117 Å². The molecule has 0 atom stereocenters. The third-order valence-electron chi connectivity index (χ3n) is 10.4. The maximum Gasteiger partial charge on any atom is 2.00 e. The van der Waals surface area contributed by atoms with E-state index in [1.165, 1.54) is 97.1 Å². The van der Waals surface area contributed by atoms with Crippen molar-refractivity contribution in [2.24, 2.45) is 0 Å². The van der Waals surface area contributed by atoms with Crippen LogP contribution < -0.4 is 9.97 Å². The Hall–Kier alpha value is -6.36. The Labute approximate surface area is 381 Å². The van der Waals surface area contributed by atoms with Crippen LogP contribution in [0.4, 0.5) is 0 Å². The minimum absolute atomic E-state index is 0. The Kier molecular flexibility index (Phi) is 11.5. The largest absolute Gasteiger partial charge is 2.00 e. The summed E-state index contributed by atoms with van der Waals surface area (Å²) in [6, 6.07) is 28.4. The Balaban J connectivity index is 0.00000576. The van der Waals surface area contributed by atoms with Crippen molar-refractivity contribution in [2.75, 3.05) is 0 Å². The minimum atomic E-state index is -4.56.